The van der Waals surface area contributed by atoms with E-state index >= 15 is 0 Å². The van der Waals surface area contributed by atoms with Gasteiger partial charge < -0.3 is 10.5 Å². The highest BCUT2D eigenvalue weighted by atomic mass is 16.5. The van der Waals surface area contributed by atoms with E-state index in [1.54, 1.807) is 0 Å². The highest BCUT2D eigenvalue weighted by Gasteiger charge is 2.32. The smallest absolute Gasteiger partial charge is 0.0845 e. The molecule has 0 saturated heterocycles. The van der Waals surface area contributed by atoms with Crippen LogP contribution in [0, 0.1) is 0 Å². The van der Waals surface area contributed by atoms with Crippen LogP contribution in [-0.4, -0.2) is 12.1 Å². The summed E-state index contributed by atoms with van der Waals surface area (Å²) in [6, 6.07) is 8.71. The zero-order valence-corrected chi connectivity index (χ0v) is 11.7. The number of hydrogen-bond donors (Lipinski definition) is 1. The van der Waals surface area contributed by atoms with Crippen molar-refractivity contribution in [1.82, 2.24) is 0 Å². The van der Waals surface area contributed by atoms with Crippen molar-refractivity contribution >= 4 is 0 Å². The molecule has 0 radical (unpaired) electrons. The molecular weight excluding hydrogens is 234 g/mol. The molecule has 0 amide bonds. The van der Waals surface area contributed by atoms with E-state index in [0.717, 1.165) is 32.3 Å². The van der Waals surface area contributed by atoms with E-state index in [4.69, 9.17) is 10.5 Å². The molecule has 1 aromatic rings. The predicted octanol–water partition coefficient (Wildman–Crippen LogP) is 3.74. The maximum Gasteiger partial charge on any atom is 0.0845 e. The summed E-state index contributed by atoms with van der Waals surface area (Å²) in [5.41, 5.74) is 9.49. The van der Waals surface area contributed by atoms with Crippen LogP contribution in [0.1, 0.15) is 62.2 Å². The largest absolute Gasteiger partial charge is 0.373 e. The number of benzene rings is 1. The Morgan fingerprint density at radius 3 is 2.63 bits per heavy atom. The molecule has 0 spiro atoms. The molecular formula is C17H25NO. The molecule has 1 atom stereocenters. The van der Waals surface area contributed by atoms with Crippen LogP contribution in [0.3, 0.4) is 0 Å². The van der Waals surface area contributed by atoms with E-state index in [1.807, 2.05) is 0 Å². The Morgan fingerprint density at radius 2 is 1.84 bits per heavy atom. The van der Waals surface area contributed by atoms with E-state index in [-0.39, 0.29) is 11.6 Å². The molecule has 1 unspecified atom stereocenters. The van der Waals surface area contributed by atoms with Gasteiger partial charge in [-0.1, -0.05) is 49.9 Å². The van der Waals surface area contributed by atoms with E-state index in [0.29, 0.717) is 0 Å². The first-order valence-corrected chi connectivity index (χ1v) is 7.75. The van der Waals surface area contributed by atoms with Crippen molar-refractivity contribution in [3.8, 4) is 0 Å². The van der Waals surface area contributed by atoms with Gasteiger partial charge in [-0.25, -0.2) is 0 Å². The third-order valence-electron chi connectivity index (χ3n) is 4.78. The highest BCUT2D eigenvalue weighted by Crippen LogP contribution is 2.37. The third kappa shape index (κ3) is 3.01. The maximum atomic E-state index is 6.67. The molecule has 1 aliphatic carbocycles. The van der Waals surface area contributed by atoms with Crippen LogP contribution < -0.4 is 5.73 Å². The molecule has 2 aliphatic rings. The number of rotatable bonds is 2. The van der Waals surface area contributed by atoms with Gasteiger partial charge in [0.2, 0.25) is 0 Å². The Kier molecular flexibility index (Phi) is 3.90. The SMILES string of the molecule is NC1(CC2OCCc3ccccc32)CCCCCC1. The molecule has 1 aliphatic heterocycles. The van der Waals surface area contributed by atoms with Crippen molar-refractivity contribution in [2.24, 2.45) is 5.73 Å². The van der Waals surface area contributed by atoms with Gasteiger partial charge in [0, 0.05) is 5.54 Å². The second-order valence-electron chi connectivity index (χ2n) is 6.29. The molecule has 19 heavy (non-hydrogen) atoms. The van der Waals surface area contributed by atoms with Crippen LogP contribution in [0.25, 0.3) is 0 Å². The summed E-state index contributed by atoms with van der Waals surface area (Å²) in [6.07, 6.45) is 9.84. The van der Waals surface area contributed by atoms with Gasteiger partial charge in [0.05, 0.1) is 12.7 Å². The molecule has 1 aromatic carbocycles. The Labute approximate surface area is 116 Å². The molecule has 104 valence electrons. The second-order valence-corrected chi connectivity index (χ2v) is 6.29. The summed E-state index contributed by atoms with van der Waals surface area (Å²) in [5, 5.41) is 0. The van der Waals surface area contributed by atoms with Crippen LogP contribution in [0.2, 0.25) is 0 Å². The van der Waals surface area contributed by atoms with Crippen molar-refractivity contribution in [3.05, 3.63) is 35.4 Å². The summed E-state index contributed by atoms with van der Waals surface area (Å²) in [4.78, 5) is 0. The lowest BCUT2D eigenvalue weighted by atomic mass is 9.82. The van der Waals surface area contributed by atoms with Crippen LogP contribution in [0.4, 0.5) is 0 Å². The molecule has 3 rings (SSSR count). The van der Waals surface area contributed by atoms with Gasteiger partial charge in [-0.2, -0.15) is 0 Å². The summed E-state index contributed by atoms with van der Waals surface area (Å²) in [6.45, 7) is 0.845. The second kappa shape index (κ2) is 5.64. The van der Waals surface area contributed by atoms with Crippen LogP contribution in [0.15, 0.2) is 24.3 Å². The topological polar surface area (TPSA) is 35.2 Å². The molecule has 0 bridgehead atoms. The highest BCUT2D eigenvalue weighted by molar-refractivity contribution is 5.31. The quantitative estimate of drug-likeness (QED) is 0.821. The number of nitrogens with two attached hydrogens (primary N) is 1. The Morgan fingerprint density at radius 1 is 1.11 bits per heavy atom. The minimum absolute atomic E-state index is 0.00832. The normalized spacial score (nSPS) is 26.5. The molecule has 1 heterocycles. The van der Waals surface area contributed by atoms with Gasteiger partial charge in [-0.15, -0.1) is 0 Å². The maximum absolute atomic E-state index is 6.67. The number of hydrogen-bond acceptors (Lipinski definition) is 2. The third-order valence-corrected chi connectivity index (χ3v) is 4.78. The van der Waals surface area contributed by atoms with E-state index in [1.165, 1.54) is 36.8 Å². The van der Waals surface area contributed by atoms with E-state index in [2.05, 4.69) is 24.3 Å². The summed E-state index contributed by atoms with van der Waals surface area (Å²) >= 11 is 0. The average Bonchev–Trinajstić information content (AvgIpc) is 2.64. The van der Waals surface area contributed by atoms with Gasteiger partial charge in [0.15, 0.2) is 0 Å². The lowest BCUT2D eigenvalue weighted by Gasteiger charge is -2.35. The summed E-state index contributed by atoms with van der Waals surface area (Å²) in [5.74, 6) is 0. The van der Waals surface area contributed by atoms with Crippen molar-refractivity contribution in [2.75, 3.05) is 6.61 Å². The molecule has 1 fully saturated rings. The molecule has 1 saturated carbocycles. The minimum Gasteiger partial charge on any atom is -0.373 e. The van der Waals surface area contributed by atoms with Gasteiger partial charge in [-0.3, -0.25) is 0 Å². The molecule has 0 aromatic heterocycles. The van der Waals surface area contributed by atoms with Crippen molar-refractivity contribution in [2.45, 2.75) is 63.0 Å². The van der Waals surface area contributed by atoms with Crippen molar-refractivity contribution in [1.29, 1.82) is 0 Å². The molecule has 2 heteroatoms. The fraction of sp³-hybridized carbons (Fsp3) is 0.647. The van der Waals surface area contributed by atoms with Gasteiger partial charge in [0.1, 0.15) is 0 Å². The summed E-state index contributed by atoms with van der Waals surface area (Å²) in [7, 11) is 0. The Balaban J connectivity index is 1.76. The predicted molar refractivity (Wildman–Crippen MR) is 78.1 cm³/mol. The molecule has 2 nitrogen and oxygen atoms in total. The lowest BCUT2D eigenvalue weighted by Crippen LogP contribution is -2.41. The zero-order valence-electron chi connectivity index (χ0n) is 11.7. The number of ether oxygens (including phenoxy) is 1. The van der Waals surface area contributed by atoms with Crippen LogP contribution in [-0.2, 0) is 11.2 Å². The lowest BCUT2D eigenvalue weighted by molar-refractivity contribution is 0.0186. The van der Waals surface area contributed by atoms with Crippen LogP contribution >= 0.6 is 0 Å². The first kappa shape index (κ1) is 13.1. The standard InChI is InChI=1S/C17H25NO/c18-17(10-5-1-2-6-11-17)13-16-15-8-4-3-7-14(15)9-12-19-16/h3-4,7-8,16H,1-2,5-6,9-13,18H2. The fourth-order valence-corrected chi connectivity index (χ4v) is 3.65. The Hall–Kier alpha value is -0.860. The number of fused-ring (bicyclic) bond motifs is 1. The first-order chi connectivity index (χ1) is 9.27. The Bertz CT molecular complexity index is 421. The van der Waals surface area contributed by atoms with E-state index < -0.39 is 0 Å². The van der Waals surface area contributed by atoms with Gasteiger partial charge >= 0.3 is 0 Å². The van der Waals surface area contributed by atoms with E-state index in [9.17, 15) is 0 Å². The molecule has 2 N–H and O–H groups in total. The zero-order chi connectivity index (χ0) is 13.1. The van der Waals surface area contributed by atoms with Crippen molar-refractivity contribution in [3.63, 3.8) is 0 Å². The van der Waals surface area contributed by atoms with Crippen LogP contribution in [0.5, 0.6) is 0 Å². The summed E-state index contributed by atoms with van der Waals surface area (Å²) < 4.78 is 6.03. The van der Waals surface area contributed by atoms with Crippen molar-refractivity contribution < 1.29 is 4.74 Å². The first-order valence-electron chi connectivity index (χ1n) is 7.75. The van der Waals surface area contributed by atoms with Gasteiger partial charge in [-0.05, 0) is 36.8 Å². The monoisotopic (exact) mass is 259 g/mol. The minimum atomic E-state index is -0.00832. The fourth-order valence-electron chi connectivity index (χ4n) is 3.65. The average molecular weight is 259 g/mol. The van der Waals surface area contributed by atoms with Gasteiger partial charge in [0.25, 0.3) is 0 Å².